The lowest BCUT2D eigenvalue weighted by molar-refractivity contribution is -0.277. The zero-order valence-corrected chi connectivity index (χ0v) is 22.5. The number of ether oxygens (including phenoxy) is 4. The van der Waals surface area contributed by atoms with E-state index in [9.17, 15) is 70.9 Å². The number of aliphatic hydroxyl groups is 4. The van der Waals surface area contributed by atoms with E-state index in [1.165, 1.54) is 0 Å². The summed E-state index contributed by atoms with van der Waals surface area (Å²) in [5.41, 5.74) is -1.63. The molecule has 45 heavy (non-hydrogen) atoms. The third-order valence-electron chi connectivity index (χ3n) is 6.53. The van der Waals surface area contributed by atoms with Gasteiger partial charge in [0.15, 0.2) is 34.5 Å². The highest BCUT2D eigenvalue weighted by atomic mass is 16.7. The molecule has 12 N–H and O–H groups in total. The van der Waals surface area contributed by atoms with Crippen LogP contribution in [0, 0.1) is 0 Å². The number of hydrogen-bond donors (Lipinski definition) is 12. The lowest BCUT2D eigenvalue weighted by Crippen LogP contribution is -2.60. The van der Waals surface area contributed by atoms with Gasteiger partial charge in [0.25, 0.3) is 0 Å². The summed E-state index contributed by atoms with van der Waals surface area (Å²) >= 11 is 0. The first-order valence-electron chi connectivity index (χ1n) is 12.6. The summed E-state index contributed by atoms with van der Waals surface area (Å²) in [5.74, 6) is -12.7. The normalized spacial score (nSPS) is 21.2. The van der Waals surface area contributed by atoms with Crippen molar-refractivity contribution in [3.63, 3.8) is 0 Å². The second-order valence-electron chi connectivity index (χ2n) is 9.54. The number of carboxylic acids is 1. The molecule has 3 aromatic rings. The second kappa shape index (κ2) is 12.7. The molecule has 0 unspecified atom stereocenters. The van der Waals surface area contributed by atoms with Crippen LogP contribution in [0.2, 0.25) is 0 Å². The van der Waals surface area contributed by atoms with Gasteiger partial charge in [-0.05, 0) is 29.8 Å². The van der Waals surface area contributed by atoms with E-state index < -0.39 is 124 Å². The molecule has 18 nitrogen and oxygen atoms in total. The predicted octanol–water partition coefficient (Wildman–Crippen LogP) is -0.348. The Morgan fingerprint density at radius 1 is 0.711 bits per heavy atom. The van der Waals surface area contributed by atoms with E-state index in [1.807, 2.05) is 0 Å². The number of rotatable bonds is 9. The van der Waals surface area contributed by atoms with Gasteiger partial charge in [-0.1, -0.05) is 0 Å². The number of aromatic hydroxyl groups is 7. The van der Waals surface area contributed by atoms with Gasteiger partial charge in [-0.15, -0.1) is 0 Å². The summed E-state index contributed by atoms with van der Waals surface area (Å²) in [4.78, 5) is 24.6. The minimum Gasteiger partial charge on any atom is -0.504 e. The number of carbonyl (C=O) groups is 2. The van der Waals surface area contributed by atoms with Crippen molar-refractivity contribution in [2.45, 2.75) is 37.3 Å². The SMILES string of the molecule is O=C(OCc1cc(O)c(O[C@@H]2O[C@H](CO)[C@@H](O)[C@H](O)[C@H]2O)c(O)c1)c1ccc(O)c(O)c1Oc1c(C(=O)O)cc(O)c(O)c1O. The van der Waals surface area contributed by atoms with Crippen LogP contribution in [0.15, 0.2) is 30.3 Å². The van der Waals surface area contributed by atoms with Gasteiger partial charge in [0, 0.05) is 6.07 Å². The van der Waals surface area contributed by atoms with Gasteiger partial charge in [0.1, 0.15) is 42.1 Å². The number of esters is 1. The van der Waals surface area contributed by atoms with Crippen molar-refractivity contribution in [1.82, 2.24) is 0 Å². The van der Waals surface area contributed by atoms with Crippen LogP contribution in [-0.2, 0) is 16.1 Å². The van der Waals surface area contributed by atoms with E-state index in [4.69, 9.17) is 18.9 Å². The molecule has 1 aliphatic rings. The molecule has 0 aliphatic carbocycles. The second-order valence-corrected chi connectivity index (χ2v) is 9.54. The van der Waals surface area contributed by atoms with Gasteiger partial charge in [0.2, 0.25) is 29.3 Å². The first-order valence-corrected chi connectivity index (χ1v) is 12.6. The van der Waals surface area contributed by atoms with Crippen molar-refractivity contribution >= 4 is 11.9 Å². The topological polar surface area (TPSA) is 314 Å². The van der Waals surface area contributed by atoms with Crippen LogP contribution in [0.5, 0.6) is 57.5 Å². The van der Waals surface area contributed by atoms with E-state index in [0.717, 1.165) is 24.3 Å². The molecule has 1 fully saturated rings. The Labute approximate surface area is 250 Å². The molecule has 1 aliphatic heterocycles. The predicted molar refractivity (Wildman–Crippen MR) is 142 cm³/mol. The molecule has 0 bridgehead atoms. The maximum atomic E-state index is 12.9. The lowest BCUT2D eigenvalue weighted by atomic mass is 9.99. The van der Waals surface area contributed by atoms with Crippen LogP contribution >= 0.6 is 0 Å². The van der Waals surface area contributed by atoms with Gasteiger partial charge in [-0.2, -0.15) is 0 Å². The first-order chi connectivity index (χ1) is 21.2. The first kappa shape index (κ1) is 32.5. The highest BCUT2D eigenvalue weighted by Crippen LogP contribution is 2.49. The smallest absolute Gasteiger partial charge is 0.342 e. The number of hydrogen-bond acceptors (Lipinski definition) is 17. The Morgan fingerprint density at radius 2 is 1.33 bits per heavy atom. The number of aromatic carboxylic acids is 1. The van der Waals surface area contributed by atoms with Crippen LogP contribution in [0.1, 0.15) is 26.3 Å². The molecule has 0 spiro atoms. The maximum absolute atomic E-state index is 12.9. The summed E-state index contributed by atoms with van der Waals surface area (Å²) in [6, 6.07) is 4.14. The van der Waals surface area contributed by atoms with Gasteiger partial charge in [-0.25, -0.2) is 9.59 Å². The standard InChI is InChI=1S/C27H26O18/c28-6-15-18(35)19(36)21(38)27(43-15)45-24-13(31)3-8(4-14(24)32)7-42-26(41)9-1-2-11(29)17(34)22(9)44-23-10(25(39)40)5-12(30)16(33)20(23)37/h1-5,15,18-19,21,27-38H,6-7H2,(H,39,40)/t15-,18-,19+,21-,27+/m1/s1. The van der Waals surface area contributed by atoms with Crippen LogP contribution in [0.25, 0.3) is 0 Å². The Bertz CT molecular complexity index is 1590. The van der Waals surface area contributed by atoms with Crippen molar-refractivity contribution in [3.8, 4) is 57.5 Å². The highest BCUT2D eigenvalue weighted by Gasteiger charge is 2.45. The molecule has 3 aromatic carbocycles. The zero-order valence-electron chi connectivity index (χ0n) is 22.5. The van der Waals surface area contributed by atoms with E-state index in [0.29, 0.717) is 6.07 Å². The lowest BCUT2D eigenvalue weighted by Gasteiger charge is -2.39. The summed E-state index contributed by atoms with van der Waals surface area (Å²) in [6.45, 7) is -1.45. The number of phenols is 7. The minimum absolute atomic E-state index is 0.0702. The number of carbonyl (C=O) groups excluding carboxylic acids is 1. The molecule has 5 atom stereocenters. The molecule has 0 saturated carbocycles. The molecule has 1 saturated heterocycles. The van der Waals surface area contributed by atoms with E-state index >= 15 is 0 Å². The minimum atomic E-state index is -1.86. The van der Waals surface area contributed by atoms with Gasteiger partial charge < -0.3 is 80.2 Å². The third-order valence-corrected chi connectivity index (χ3v) is 6.53. The largest absolute Gasteiger partial charge is 0.504 e. The maximum Gasteiger partial charge on any atom is 0.342 e. The third kappa shape index (κ3) is 6.30. The fourth-order valence-electron chi connectivity index (χ4n) is 4.18. The molecule has 0 aromatic heterocycles. The molecule has 1 heterocycles. The summed E-state index contributed by atoms with van der Waals surface area (Å²) < 4.78 is 20.8. The van der Waals surface area contributed by atoms with Crippen LogP contribution in [-0.4, -0.2) is 111 Å². The van der Waals surface area contributed by atoms with Crippen LogP contribution in [0.3, 0.4) is 0 Å². The summed E-state index contributed by atoms with van der Waals surface area (Å²) in [6.07, 6.45) is -8.46. The van der Waals surface area contributed by atoms with Crippen molar-refractivity contribution in [1.29, 1.82) is 0 Å². The molecule has 4 rings (SSSR count). The molecule has 0 radical (unpaired) electrons. The number of aliphatic hydroxyl groups excluding tert-OH is 4. The average Bonchev–Trinajstić information content (AvgIpc) is 2.99. The molecule has 18 heteroatoms. The molecule has 242 valence electrons. The van der Waals surface area contributed by atoms with Crippen LogP contribution in [0.4, 0.5) is 0 Å². The molecular weight excluding hydrogens is 612 g/mol. The van der Waals surface area contributed by atoms with Gasteiger partial charge in [-0.3, -0.25) is 0 Å². The van der Waals surface area contributed by atoms with E-state index in [2.05, 4.69) is 0 Å². The Kier molecular flexibility index (Phi) is 9.16. The van der Waals surface area contributed by atoms with Crippen molar-refractivity contribution in [3.05, 3.63) is 47.0 Å². The summed E-state index contributed by atoms with van der Waals surface area (Å²) in [7, 11) is 0. The molecular formula is C27H26O18. The highest BCUT2D eigenvalue weighted by molar-refractivity contribution is 5.96. The monoisotopic (exact) mass is 638 g/mol. The van der Waals surface area contributed by atoms with Crippen molar-refractivity contribution in [2.75, 3.05) is 6.61 Å². The van der Waals surface area contributed by atoms with Gasteiger partial charge in [0.05, 0.1) is 6.61 Å². The fraction of sp³-hybridized carbons (Fsp3) is 0.259. The summed E-state index contributed by atoms with van der Waals surface area (Å²) in [5, 5.41) is 119. The number of phenolic OH excluding ortho intramolecular Hbond substituents is 7. The molecule has 0 amide bonds. The quantitative estimate of drug-likeness (QED) is 0.105. The van der Waals surface area contributed by atoms with Crippen molar-refractivity contribution in [2.24, 2.45) is 0 Å². The van der Waals surface area contributed by atoms with E-state index in [1.54, 1.807) is 0 Å². The van der Waals surface area contributed by atoms with Crippen molar-refractivity contribution < 1.29 is 89.8 Å². The van der Waals surface area contributed by atoms with Crippen LogP contribution < -0.4 is 9.47 Å². The number of carboxylic acid groups (broad SMARTS) is 1. The Balaban J connectivity index is 1.56. The Morgan fingerprint density at radius 3 is 1.93 bits per heavy atom. The zero-order chi connectivity index (χ0) is 33.3. The van der Waals surface area contributed by atoms with Gasteiger partial charge >= 0.3 is 11.9 Å². The van der Waals surface area contributed by atoms with E-state index in [-0.39, 0.29) is 5.56 Å². The Hall–Kier alpha value is -5.40. The average molecular weight is 638 g/mol. The number of benzene rings is 3. The fourth-order valence-corrected chi connectivity index (χ4v) is 4.18.